The first-order valence-electron chi connectivity index (χ1n) is 10.0. The van der Waals surface area contributed by atoms with Gasteiger partial charge in [-0.05, 0) is 31.4 Å². The molecule has 1 aliphatic rings. The van der Waals surface area contributed by atoms with Crippen LogP contribution in [0, 0.1) is 12.8 Å². The highest BCUT2D eigenvalue weighted by atomic mass is 16.5. The lowest BCUT2D eigenvalue weighted by molar-refractivity contribution is 0.0124. The molecule has 2 heterocycles. The summed E-state index contributed by atoms with van der Waals surface area (Å²) >= 11 is 0. The van der Waals surface area contributed by atoms with E-state index in [1.165, 1.54) is 0 Å². The van der Waals surface area contributed by atoms with E-state index in [4.69, 9.17) is 13.9 Å². The monoisotopic (exact) mass is 380 g/mol. The summed E-state index contributed by atoms with van der Waals surface area (Å²) in [4.78, 5) is 6.73. The Morgan fingerprint density at radius 1 is 1.26 bits per heavy atom. The van der Waals surface area contributed by atoms with Crippen LogP contribution < -0.4 is 10.6 Å². The van der Waals surface area contributed by atoms with Gasteiger partial charge in [-0.25, -0.2) is 0 Å². The van der Waals surface area contributed by atoms with Gasteiger partial charge in [0.1, 0.15) is 11.5 Å². The quantitative estimate of drug-likeness (QED) is 0.368. The van der Waals surface area contributed by atoms with Gasteiger partial charge in [-0.2, -0.15) is 0 Å². The van der Waals surface area contributed by atoms with Crippen molar-refractivity contribution in [3.63, 3.8) is 0 Å². The predicted octanol–water partition coefficient (Wildman–Crippen LogP) is 2.19. The van der Waals surface area contributed by atoms with Crippen LogP contribution in [0.5, 0.6) is 0 Å². The normalized spacial score (nSPS) is 17.3. The number of aliphatic imine (C=N–C) groups is 1. The fraction of sp³-hybridized carbons (Fsp3) is 0.750. The maximum absolute atomic E-state index is 5.91. The second-order valence-corrected chi connectivity index (χ2v) is 7.31. The van der Waals surface area contributed by atoms with E-state index in [9.17, 15) is 0 Å². The van der Waals surface area contributed by atoms with Crippen molar-refractivity contribution in [2.45, 2.75) is 33.2 Å². The SMILES string of the molecule is CN=C(NCCCOCC(C)C)NCC(c1ccc(C)o1)N1CCOCC1. The van der Waals surface area contributed by atoms with Crippen LogP contribution >= 0.6 is 0 Å². The van der Waals surface area contributed by atoms with Crippen LogP contribution in [0.4, 0.5) is 0 Å². The maximum atomic E-state index is 5.91. The average Bonchev–Trinajstić information content (AvgIpc) is 3.09. The van der Waals surface area contributed by atoms with Gasteiger partial charge in [0.05, 0.1) is 19.3 Å². The van der Waals surface area contributed by atoms with E-state index in [1.807, 2.05) is 13.0 Å². The van der Waals surface area contributed by atoms with E-state index in [0.717, 1.165) is 76.5 Å². The molecule has 7 heteroatoms. The Labute approximate surface area is 163 Å². The molecule has 1 aromatic heterocycles. The van der Waals surface area contributed by atoms with Crippen molar-refractivity contribution in [1.82, 2.24) is 15.5 Å². The lowest BCUT2D eigenvalue weighted by Crippen LogP contribution is -2.46. The molecular weight excluding hydrogens is 344 g/mol. The molecule has 1 unspecified atom stereocenters. The Morgan fingerprint density at radius 3 is 2.67 bits per heavy atom. The van der Waals surface area contributed by atoms with Crippen LogP contribution in [-0.4, -0.2) is 70.5 Å². The number of aryl methyl sites for hydroxylation is 1. The highest BCUT2D eigenvalue weighted by molar-refractivity contribution is 5.79. The summed E-state index contributed by atoms with van der Waals surface area (Å²) in [5, 5.41) is 6.80. The lowest BCUT2D eigenvalue weighted by Gasteiger charge is -2.33. The van der Waals surface area contributed by atoms with Gasteiger partial charge in [0.15, 0.2) is 5.96 Å². The number of hydrogen-bond acceptors (Lipinski definition) is 5. The number of furan rings is 1. The molecule has 0 aliphatic carbocycles. The van der Waals surface area contributed by atoms with Crippen molar-refractivity contribution in [3.05, 3.63) is 23.7 Å². The molecule has 1 atom stereocenters. The molecule has 7 nitrogen and oxygen atoms in total. The summed E-state index contributed by atoms with van der Waals surface area (Å²) < 4.78 is 17.0. The number of rotatable bonds is 10. The van der Waals surface area contributed by atoms with Crippen LogP contribution in [0.15, 0.2) is 21.5 Å². The zero-order valence-corrected chi connectivity index (χ0v) is 17.3. The molecule has 0 bridgehead atoms. The summed E-state index contributed by atoms with van der Waals surface area (Å²) in [6, 6.07) is 4.25. The molecule has 0 spiro atoms. The van der Waals surface area contributed by atoms with Crippen LogP contribution in [0.1, 0.15) is 37.8 Å². The number of nitrogens with zero attached hydrogens (tertiary/aromatic N) is 2. The molecule has 1 aliphatic heterocycles. The molecule has 27 heavy (non-hydrogen) atoms. The number of guanidine groups is 1. The van der Waals surface area contributed by atoms with Crippen molar-refractivity contribution in [3.8, 4) is 0 Å². The molecule has 2 rings (SSSR count). The maximum Gasteiger partial charge on any atom is 0.191 e. The van der Waals surface area contributed by atoms with Gasteiger partial charge in [-0.15, -0.1) is 0 Å². The Balaban J connectivity index is 1.79. The Morgan fingerprint density at radius 2 is 2.04 bits per heavy atom. The van der Waals surface area contributed by atoms with E-state index in [-0.39, 0.29) is 6.04 Å². The molecular formula is C20H36N4O3. The van der Waals surface area contributed by atoms with E-state index in [0.29, 0.717) is 5.92 Å². The highest BCUT2D eigenvalue weighted by Gasteiger charge is 2.25. The first-order valence-corrected chi connectivity index (χ1v) is 10.0. The molecule has 1 aromatic rings. The first-order chi connectivity index (χ1) is 13.1. The fourth-order valence-electron chi connectivity index (χ4n) is 3.05. The number of hydrogen-bond donors (Lipinski definition) is 2. The number of ether oxygens (including phenoxy) is 2. The summed E-state index contributed by atoms with van der Waals surface area (Å²) in [7, 11) is 1.80. The van der Waals surface area contributed by atoms with Gasteiger partial charge in [0.25, 0.3) is 0 Å². The Hall–Kier alpha value is -1.57. The molecule has 154 valence electrons. The van der Waals surface area contributed by atoms with E-state index >= 15 is 0 Å². The van der Waals surface area contributed by atoms with E-state index in [2.05, 4.69) is 40.4 Å². The van der Waals surface area contributed by atoms with Crippen LogP contribution in [-0.2, 0) is 9.47 Å². The van der Waals surface area contributed by atoms with Crippen molar-refractivity contribution >= 4 is 5.96 Å². The van der Waals surface area contributed by atoms with Gasteiger partial charge in [-0.1, -0.05) is 13.8 Å². The minimum Gasteiger partial charge on any atom is -0.465 e. The van der Waals surface area contributed by atoms with Gasteiger partial charge in [-0.3, -0.25) is 9.89 Å². The molecule has 0 amide bonds. The topological polar surface area (TPSA) is 71.3 Å². The summed E-state index contributed by atoms with van der Waals surface area (Å²) in [6.45, 7) is 12.8. The second-order valence-electron chi connectivity index (χ2n) is 7.31. The zero-order valence-electron chi connectivity index (χ0n) is 17.3. The van der Waals surface area contributed by atoms with Crippen molar-refractivity contribution < 1.29 is 13.9 Å². The smallest absolute Gasteiger partial charge is 0.191 e. The van der Waals surface area contributed by atoms with Gasteiger partial charge in [0, 0.05) is 46.4 Å². The molecule has 1 saturated heterocycles. The van der Waals surface area contributed by atoms with Crippen LogP contribution in [0.3, 0.4) is 0 Å². The third-order valence-electron chi connectivity index (χ3n) is 4.47. The first kappa shape index (κ1) is 21.7. The summed E-state index contributed by atoms with van der Waals surface area (Å²) in [5.74, 6) is 3.31. The molecule has 2 N–H and O–H groups in total. The largest absolute Gasteiger partial charge is 0.465 e. The highest BCUT2D eigenvalue weighted by Crippen LogP contribution is 2.23. The summed E-state index contributed by atoms with van der Waals surface area (Å²) in [6.07, 6.45) is 0.956. The number of morpholine rings is 1. The fourth-order valence-corrected chi connectivity index (χ4v) is 3.05. The minimum absolute atomic E-state index is 0.163. The van der Waals surface area contributed by atoms with Crippen LogP contribution in [0.2, 0.25) is 0 Å². The van der Waals surface area contributed by atoms with Crippen molar-refractivity contribution in [2.24, 2.45) is 10.9 Å². The lowest BCUT2D eigenvalue weighted by atomic mass is 10.1. The Kier molecular flexibility index (Phi) is 9.66. The van der Waals surface area contributed by atoms with Crippen molar-refractivity contribution in [2.75, 3.05) is 59.7 Å². The predicted molar refractivity (Wildman–Crippen MR) is 108 cm³/mol. The third-order valence-corrected chi connectivity index (χ3v) is 4.47. The average molecular weight is 381 g/mol. The second kappa shape index (κ2) is 12.0. The Bertz CT molecular complexity index is 553. The van der Waals surface area contributed by atoms with E-state index in [1.54, 1.807) is 7.05 Å². The standard InChI is InChI=1S/C20H36N4O3/c1-16(2)15-26-11-5-8-22-20(21-4)23-14-18(19-7-6-17(3)27-19)24-9-12-25-13-10-24/h6-7,16,18H,5,8-15H2,1-4H3,(H2,21,22,23). The summed E-state index contributed by atoms with van der Waals surface area (Å²) in [5.41, 5.74) is 0. The third kappa shape index (κ3) is 7.91. The molecule has 0 aromatic carbocycles. The number of nitrogens with one attached hydrogen (secondary N) is 2. The van der Waals surface area contributed by atoms with Gasteiger partial charge in [0.2, 0.25) is 0 Å². The van der Waals surface area contributed by atoms with Gasteiger partial charge < -0.3 is 24.5 Å². The van der Waals surface area contributed by atoms with Crippen LogP contribution in [0.25, 0.3) is 0 Å². The van der Waals surface area contributed by atoms with Crippen molar-refractivity contribution in [1.29, 1.82) is 0 Å². The molecule has 1 fully saturated rings. The molecule has 0 saturated carbocycles. The zero-order chi connectivity index (χ0) is 19.5. The van der Waals surface area contributed by atoms with E-state index < -0.39 is 0 Å². The molecule has 0 radical (unpaired) electrons. The van der Waals surface area contributed by atoms with Gasteiger partial charge >= 0.3 is 0 Å². The minimum atomic E-state index is 0.163.